The molecule has 2 aromatic carbocycles. The Bertz CT molecular complexity index is 1620. The number of thiazole rings is 2. The van der Waals surface area contributed by atoms with Gasteiger partial charge in [0.2, 0.25) is 5.78 Å². The van der Waals surface area contributed by atoms with Gasteiger partial charge in [0.25, 0.3) is 5.91 Å². The van der Waals surface area contributed by atoms with E-state index in [4.69, 9.17) is 9.72 Å². The minimum atomic E-state index is -0.868. The van der Waals surface area contributed by atoms with E-state index in [2.05, 4.69) is 11.9 Å². The van der Waals surface area contributed by atoms with Crippen molar-refractivity contribution in [1.82, 2.24) is 9.97 Å². The van der Waals surface area contributed by atoms with Crippen LogP contribution >= 0.6 is 22.7 Å². The molecule has 9 heteroatoms. The largest absolute Gasteiger partial charge is 0.503 e. The number of carbonyl (C=O) groups is 2. The quantitative estimate of drug-likeness (QED) is 0.170. The van der Waals surface area contributed by atoms with Gasteiger partial charge in [-0.2, -0.15) is 0 Å². The van der Waals surface area contributed by atoms with Crippen LogP contribution in [0.3, 0.4) is 0 Å². The number of anilines is 1. The third-order valence-corrected chi connectivity index (χ3v) is 8.85. The van der Waals surface area contributed by atoms with E-state index in [0.717, 1.165) is 45.6 Å². The molecule has 202 valence electrons. The van der Waals surface area contributed by atoms with Gasteiger partial charge in [0.1, 0.15) is 5.75 Å². The molecule has 1 aliphatic rings. The third-order valence-electron chi connectivity index (χ3n) is 6.78. The summed E-state index contributed by atoms with van der Waals surface area (Å²) in [7, 11) is 0. The van der Waals surface area contributed by atoms with E-state index in [0.29, 0.717) is 33.6 Å². The Morgan fingerprint density at radius 1 is 1.08 bits per heavy atom. The maximum absolute atomic E-state index is 13.9. The number of hydrogen-bond acceptors (Lipinski definition) is 8. The average molecular weight is 562 g/mol. The van der Waals surface area contributed by atoms with E-state index in [9.17, 15) is 14.7 Å². The van der Waals surface area contributed by atoms with Gasteiger partial charge in [0, 0.05) is 0 Å². The number of nitrogens with zero attached hydrogens (tertiary/aromatic N) is 3. The summed E-state index contributed by atoms with van der Waals surface area (Å²) in [4.78, 5) is 38.7. The first-order valence-electron chi connectivity index (χ1n) is 13.1. The monoisotopic (exact) mass is 561 g/mol. The number of aromatic nitrogens is 2. The molecule has 1 unspecified atom stereocenters. The number of ether oxygens (including phenoxy) is 1. The number of unbranched alkanes of at least 4 members (excludes halogenated alkanes) is 2. The van der Waals surface area contributed by atoms with Gasteiger partial charge in [0.05, 0.1) is 44.0 Å². The summed E-state index contributed by atoms with van der Waals surface area (Å²) in [6, 6.07) is 10.6. The topological polar surface area (TPSA) is 92.6 Å². The number of aliphatic hydroxyl groups excluding tert-OH is 1. The van der Waals surface area contributed by atoms with Crippen LogP contribution in [-0.4, -0.2) is 33.4 Å². The molecule has 39 heavy (non-hydrogen) atoms. The molecule has 5 rings (SSSR count). The van der Waals surface area contributed by atoms with Crippen LogP contribution < -0.4 is 9.64 Å². The summed E-state index contributed by atoms with van der Waals surface area (Å²) in [5.41, 5.74) is 4.17. The van der Waals surface area contributed by atoms with Crippen molar-refractivity contribution in [1.29, 1.82) is 0 Å². The SMILES string of the molecule is CCCCCOc1cccc(C2C(C(=O)c3sc(C)nc3C)=C(O)C(=O)N2c2nc3c(C)cc(C)cc3s2)c1. The van der Waals surface area contributed by atoms with E-state index in [1.807, 2.05) is 57.2 Å². The van der Waals surface area contributed by atoms with E-state index in [1.165, 1.54) is 27.6 Å². The molecule has 0 radical (unpaired) electrons. The Hall–Kier alpha value is -3.56. The first kappa shape index (κ1) is 27.0. The van der Waals surface area contributed by atoms with Crippen LogP contribution in [0.5, 0.6) is 5.75 Å². The van der Waals surface area contributed by atoms with E-state index < -0.39 is 23.5 Å². The van der Waals surface area contributed by atoms with Gasteiger partial charge in [0.15, 0.2) is 10.9 Å². The van der Waals surface area contributed by atoms with Crippen molar-refractivity contribution in [3.8, 4) is 5.75 Å². The Morgan fingerprint density at radius 2 is 1.87 bits per heavy atom. The molecule has 1 N–H and O–H groups in total. The molecule has 0 saturated heterocycles. The molecule has 0 fully saturated rings. The molecule has 0 aliphatic carbocycles. The molecule has 0 spiro atoms. The van der Waals surface area contributed by atoms with Crippen LogP contribution in [0.15, 0.2) is 47.7 Å². The zero-order valence-electron chi connectivity index (χ0n) is 22.7. The number of hydrogen-bond donors (Lipinski definition) is 1. The smallest absolute Gasteiger partial charge is 0.296 e. The van der Waals surface area contributed by atoms with Crippen molar-refractivity contribution in [2.75, 3.05) is 11.5 Å². The number of ketones is 1. The maximum Gasteiger partial charge on any atom is 0.296 e. The predicted octanol–water partition coefficient (Wildman–Crippen LogP) is 7.34. The second-order valence-electron chi connectivity index (χ2n) is 9.87. The number of rotatable bonds is 9. The second-order valence-corrected chi connectivity index (χ2v) is 12.1. The molecular weight excluding hydrogens is 530 g/mol. The lowest BCUT2D eigenvalue weighted by atomic mass is 9.95. The summed E-state index contributed by atoms with van der Waals surface area (Å²) in [6.07, 6.45) is 3.10. The third kappa shape index (κ3) is 5.08. The van der Waals surface area contributed by atoms with Gasteiger partial charge in [-0.15, -0.1) is 11.3 Å². The summed E-state index contributed by atoms with van der Waals surface area (Å²) >= 11 is 2.63. The minimum Gasteiger partial charge on any atom is -0.503 e. The predicted molar refractivity (Wildman–Crippen MR) is 156 cm³/mol. The molecular formula is C30H31N3O4S2. The molecule has 1 aliphatic heterocycles. The molecule has 3 heterocycles. The number of fused-ring (bicyclic) bond motifs is 1. The maximum atomic E-state index is 13.9. The lowest BCUT2D eigenvalue weighted by molar-refractivity contribution is -0.117. The fourth-order valence-corrected chi connectivity index (χ4v) is 7.04. The summed E-state index contributed by atoms with van der Waals surface area (Å²) in [5.74, 6) is -0.963. The van der Waals surface area contributed by atoms with Crippen molar-refractivity contribution in [3.05, 3.63) is 80.0 Å². The number of amides is 1. The number of benzene rings is 2. The Morgan fingerprint density at radius 3 is 2.59 bits per heavy atom. The van der Waals surface area contributed by atoms with Crippen molar-refractivity contribution in [2.24, 2.45) is 0 Å². The van der Waals surface area contributed by atoms with E-state index >= 15 is 0 Å². The Kier molecular flexibility index (Phi) is 7.55. The zero-order valence-corrected chi connectivity index (χ0v) is 24.3. The molecule has 1 amide bonds. The summed E-state index contributed by atoms with van der Waals surface area (Å²) in [6.45, 7) is 10.3. The van der Waals surface area contributed by atoms with Crippen molar-refractivity contribution < 1.29 is 19.4 Å². The van der Waals surface area contributed by atoms with Gasteiger partial charge in [-0.3, -0.25) is 14.5 Å². The minimum absolute atomic E-state index is 0.0297. The second kappa shape index (κ2) is 10.9. The normalized spacial score (nSPS) is 15.6. The molecule has 0 saturated carbocycles. The highest BCUT2D eigenvalue weighted by atomic mass is 32.1. The van der Waals surface area contributed by atoms with Crippen molar-refractivity contribution >= 4 is 49.7 Å². The van der Waals surface area contributed by atoms with Gasteiger partial charge in [-0.1, -0.05) is 49.3 Å². The highest BCUT2D eigenvalue weighted by Gasteiger charge is 2.46. The van der Waals surface area contributed by atoms with Gasteiger partial charge < -0.3 is 9.84 Å². The van der Waals surface area contributed by atoms with Crippen molar-refractivity contribution in [2.45, 2.75) is 59.9 Å². The van der Waals surface area contributed by atoms with Gasteiger partial charge in [-0.25, -0.2) is 9.97 Å². The lowest BCUT2D eigenvalue weighted by Gasteiger charge is -2.24. The van der Waals surface area contributed by atoms with Crippen LogP contribution in [0.25, 0.3) is 10.2 Å². The molecule has 2 aromatic heterocycles. The van der Waals surface area contributed by atoms with Gasteiger partial charge in [-0.05, 0) is 69.0 Å². The van der Waals surface area contributed by atoms with Crippen LogP contribution in [0.4, 0.5) is 5.13 Å². The zero-order chi connectivity index (χ0) is 27.8. The fraction of sp³-hybridized carbons (Fsp3) is 0.333. The Labute approximate surface area is 235 Å². The average Bonchev–Trinajstić information content (AvgIpc) is 3.55. The fourth-order valence-electron chi connectivity index (χ4n) is 4.99. The first-order valence-corrected chi connectivity index (χ1v) is 14.7. The van der Waals surface area contributed by atoms with Crippen LogP contribution in [-0.2, 0) is 4.79 Å². The standard InChI is InChI=1S/C30H31N3O4S2/c1-6-7-8-12-37-21-11-9-10-20(15-21)25-23(26(34)28-18(4)31-19(5)38-28)27(35)29(36)33(25)30-32-24-17(3)13-16(2)14-22(24)39-30/h9-11,13-15,25,35H,6-8,12H2,1-5H3. The van der Waals surface area contributed by atoms with Crippen LogP contribution in [0.1, 0.15) is 69.3 Å². The lowest BCUT2D eigenvalue weighted by Crippen LogP contribution is -2.31. The highest BCUT2D eigenvalue weighted by Crippen LogP contribution is 2.45. The first-order chi connectivity index (χ1) is 18.7. The summed E-state index contributed by atoms with van der Waals surface area (Å²) < 4.78 is 6.93. The van der Waals surface area contributed by atoms with E-state index in [-0.39, 0.29) is 5.57 Å². The molecule has 4 aromatic rings. The highest BCUT2D eigenvalue weighted by molar-refractivity contribution is 7.22. The molecule has 0 bridgehead atoms. The Balaban J connectivity index is 1.63. The number of aliphatic hydroxyl groups is 1. The van der Waals surface area contributed by atoms with Crippen molar-refractivity contribution in [3.63, 3.8) is 0 Å². The van der Waals surface area contributed by atoms with E-state index in [1.54, 1.807) is 6.92 Å². The van der Waals surface area contributed by atoms with Crippen LogP contribution in [0.2, 0.25) is 0 Å². The van der Waals surface area contributed by atoms with Gasteiger partial charge >= 0.3 is 0 Å². The number of carbonyl (C=O) groups excluding carboxylic acids is 2. The number of Topliss-reactive ketones (excluding diaryl/α,β-unsaturated/α-hetero) is 1. The molecule has 1 atom stereocenters. The van der Waals surface area contributed by atoms with Crippen LogP contribution in [0, 0.1) is 27.7 Å². The molecule has 7 nitrogen and oxygen atoms in total. The summed E-state index contributed by atoms with van der Waals surface area (Å²) in [5, 5.41) is 12.4. The number of aryl methyl sites for hydroxylation is 4.